The molecule has 0 saturated carbocycles. The quantitative estimate of drug-likeness (QED) is 0.637. The molecule has 5 heteroatoms. The highest BCUT2D eigenvalue weighted by Crippen LogP contribution is 2.22. The van der Waals surface area contributed by atoms with Crippen molar-refractivity contribution in [3.05, 3.63) is 95.6 Å². The van der Waals surface area contributed by atoms with Gasteiger partial charge in [-0.3, -0.25) is 0 Å². The van der Waals surface area contributed by atoms with Gasteiger partial charge in [-0.05, 0) is 43.2 Å². The summed E-state index contributed by atoms with van der Waals surface area (Å²) >= 11 is 0. The SMILES string of the molecule is Cc1ccc(S(=O)(=O)NC[C@@H](Nc2ccccc2C)c2ccccc2)cc1. The van der Waals surface area contributed by atoms with Gasteiger partial charge in [0, 0.05) is 12.2 Å². The number of rotatable bonds is 7. The molecule has 0 aliphatic carbocycles. The van der Waals surface area contributed by atoms with Gasteiger partial charge in [-0.2, -0.15) is 0 Å². The molecule has 0 heterocycles. The zero-order chi connectivity index (χ0) is 19.3. The van der Waals surface area contributed by atoms with Gasteiger partial charge in [0.15, 0.2) is 0 Å². The van der Waals surface area contributed by atoms with Crippen LogP contribution in [-0.2, 0) is 10.0 Å². The van der Waals surface area contributed by atoms with Crippen LogP contribution >= 0.6 is 0 Å². The summed E-state index contributed by atoms with van der Waals surface area (Å²) in [6.07, 6.45) is 0. The first kappa shape index (κ1) is 19.1. The number of hydrogen-bond acceptors (Lipinski definition) is 3. The average molecular weight is 381 g/mol. The van der Waals surface area contributed by atoms with Crippen molar-refractivity contribution in [2.24, 2.45) is 0 Å². The summed E-state index contributed by atoms with van der Waals surface area (Å²) in [6.45, 7) is 4.21. The molecule has 3 rings (SSSR count). The molecule has 3 aromatic carbocycles. The van der Waals surface area contributed by atoms with Crippen LogP contribution in [0.5, 0.6) is 0 Å². The number of benzene rings is 3. The van der Waals surface area contributed by atoms with E-state index in [0.29, 0.717) is 0 Å². The maximum absolute atomic E-state index is 12.7. The third-order valence-electron chi connectivity index (χ3n) is 4.49. The molecular weight excluding hydrogens is 356 g/mol. The van der Waals surface area contributed by atoms with Gasteiger partial charge in [-0.15, -0.1) is 0 Å². The first-order valence-corrected chi connectivity index (χ1v) is 10.4. The van der Waals surface area contributed by atoms with Gasteiger partial charge >= 0.3 is 0 Å². The predicted molar refractivity (Wildman–Crippen MR) is 110 cm³/mol. The predicted octanol–water partition coefficient (Wildman–Crippen LogP) is 4.44. The Morgan fingerprint density at radius 2 is 1.44 bits per heavy atom. The molecule has 3 aromatic rings. The van der Waals surface area contributed by atoms with E-state index in [1.165, 1.54) is 0 Å². The topological polar surface area (TPSA) is 58.2 Å². The van der Waals surface area contributed by atoms with Crippen molar-refractivity contribution in [2.75, 3.05) is 11.9 Å². The van der Waals surface area contributed by atoms with E-state index in [1.54, 1.807) is 24.3 Å². The third kappa shape index (κ3) is 4.96. The second-order valence-corrected chi connectivity index (χ2v) is 8.35. The molecule has 0 fully saturated rings. The smallest absolute Gasteiger partial charge is 0.240 e. The highest BCUT2D eigenvalue weighted by molar-refractivity contribution is 7.89. The van der Waals surface area contributed by atoms with Gasteiger partial charge in [-0.1, -0.05) is 66.2 Å². The van der Waals surface area contributed by atoms with Crippen LogP contribution in [0.15, 0.2) is 83.8 Å². The third-order valence-corrected chi connectivity index (χ3v) is 5.92. The molecule has 27 heavy (non-hydrogen) atoms. The fourth-order valence-electron chi connectivity index (χ4n) is 2.85. The van der Waals surface area contributed by atoms with Crippen LogP contribution in [0.3, 0.4) is 0 Å². The molecule has 0 radical (unpaired) electrons. The van der Waals surface area contributed by atoms with E-state index in [9.17, 15) is 8.42 Å². The molecule has 0 saturated heterocycles. The van der Waals surface area contributed by atoms with Crippen molar-refractivity contribution in [1.29, 1.82) is 0 Å². The first-order valence-electron chi connectivity index (χ1n) is 8.89. The number of anilines is 1. The van der Waals surface area contributed by atoms with E-state index in [4.69, 9.17) is 0 Å². The van der Waals surface area contributed by atoms with Gasteiger partial charge in [0.2, 0.25) is 10.0 Å². The zero-order valence-corrected chi connectivity index (χ0v) is 16.3. The first-order chi connectivity index (χ1) is 13.0. The number of nitrogens with one attached hydrogen (secondary N) is 2. The second-order valence-electron chi connectivity index (χ2n) is 6.59. The van der Waals surface area contributed by atoms with Crippen LogP contribution in [0.1, 0.15) is 22.7 Å². The van der Waals surface area contributed by atoms with Gasteiger partial charge in [0.05, 0.1) is 10.9 Å². The van der Waals surface area contributed by atoms with E-state index in [2.05, 4.69) is 10.0 Å². The zero-order valence-electron chi connectivity index (χ0n) is 15.5. The molecule has 0 spiro atoms. The fraction of sp³-hybridized carbons (Fsp3) is 0.182. The molecule has 140 valence electrons. The summed E-state index contributed by atoms with van der Waals surface area (Å²) in [5.41, 5.74) is 4.14. The Morgan fingerprint density at radius 3 is 2.11 bits per heavy atom. The lowest BCUT2D eigenvalue weighted by Crippen LogP contribution is -2.31. The molecule has 1 atom stereocenters. The fourth-order valence-corrected chi connectivity index (χ4v) is 3.90. The van der Waals surface area contributed by atoms with Crippen molar-refractivity contribution in [2.45, 2.75) is 24.8 Å². The number of sulfonamides is 1. The lowest BCUT2D eigenvalue weighted by atomic mass is 10.1. The van der Waals surface area contributed by atoms with Crippen molar-refractivity contribution in [1.82, 2.24) is 4.72 Å². The van der Waals surface area contributed by atoms with Gasteiger partial charge < -0.3 is 5.32 Å². The Kier molecular flexibility index (Phi) is 5.94. The van der Waals surface area contributed by atoms with E-state index < -0.39 is 10.0 Å². The monoisotopic (exact) mass is 380 g/mol. The van der Waals surface area contributed by atoms with Crippen molar-refractivity contribution < 1.29 is 8.42 Å². The molecule has 4 nitrogen and oxygen atoms in total. The average Bonchev–Trinajstić information content (AvgIpc) is 2.67. The maximum atomic E-state index is 12.7. The van der Waals surface area contributed by atoms with Gasteiger partial charge in [-0.25, -0.2) is 13.1 Å². The van der Waals surface area contributed by atoms with Crippen LogP contribution in [0.25, 0.3) is 0 Å². The van der Waals surface area contributed by atoms with Crippen LogP contribution < -0.4 is 10.0 Å². The molecule has 0 aliphatic heterocycles. The Balaban J connectivity index is 1.81. The minimum atomic E-state index is -3.57. The van der Waals surface area contributed by atoms with E-state index in [1.807, 2.05) is 68.4 Å². The second kappa shape index (κ2) is 8.37. The van der Waals surface area contributed by atoms with Crippen LogP contribution in [-0.4, -0.2) is 15.0 Å². The lowest BCUT2D eigenvalue weighted by molar-refractivity contribution is 0.576. The lowest BCUT2D eigenvalue weighted by Gasteiger charge is -2.22. The molecular formula is C22H24N2O2S. The minimum Gasteiger partial charge on any atom is -0.377 e. The van der Waals surface area contributed by atoms with Crippen LogP contribution in [0.4, 0.5) is 5.69 Å². The van der Waals surface area contributed by atoms with E-state index >= 15 is 0 Å². The number of para-hydroxylation sites is 1. The Labute approximate surface area is 161 Å². The highest BCUT2D eigenvalue weighted by Gasteiger charge is 2.18. The van der Waals surface area contributed by atoms with Crippen LogP contribution in [0.2, 0.25) is 0 Å². The summed E-state index contributed by atoms with van der Waals surface area (Å²) in [5.74, 6) is 0. The number of hydrogen-bond donors (Lipinski definition) is 2. The largest absolute Gasteiger partial charge is 0.377 e. The molecule has 0 aliphatic rings. The normalized spacial score (nSPS) is 12.5. The highest BCUT2D eigenvalue weighted by atomic mass is 32.2. The van der Waals surface area contributed by atoms with Gasteiger partial charge in [0.25, 0.3) is 0 Å². The maximum Gasteiger partial charge on any atom is 0.240 e. The summed E-state index contributed by atoms with van der Waals surface area (Å²) in [7, 11) is -3.57. The van der Waals surface area contributed by atoms with Crippen molar-refractivity contribution in [3.8, 4) is 0 Å². The standard InChI is InChI=1S/C22H24N2O2S/c1-17-12-14-20(15-13-17)27(25,26)23-16-22(19-9-4-3-5-10-19)24-21-11-7-6-8-18(21)2/h3-15,22-24H,16H2,1-2H3/t22-/m1/s1. The Morgan fingerprint density at radius 1 is 0.815 bits per heavy atom. The van der Waals surface area contributed by atoms with E-state index in [-0.39, 0.29) is 17.5 Å². The minimum absolute atomic E-state index is 0.187. The summed E-state index contributed by atoms with van der Waals surface area (Å²) < 4.78 is 28.1. The summed E-state index contributed by atoms with van der Waals surface area (Å²) in [4.78, 5) is 0.274. The van der Waals surface area contributed by atoms with Crippen molar-refractivity contribution in [3.63, 3.8) is 0 Å². The summed E-state index contributed by atoms with van der Waals surface area (Å²) in [6, 6.07) is 24.5. The number of aryl methyl sites for hydroxylation is 2. The summed E-state index contributed by atoms with van der Waals surface area (Å²) in [5, 5.41) is 3.47. The molecule has 0 amide bonds. The Hall–Kier alpha value is -2.63. The molecule has 2 N–H and O–H groups in total. The van der Waals surface area contributed by atoms with Crippen molar-refractivity contribution >= 4 is 15.7 Å². The molecule has 0 bridgehead atoms. The Bertz CT molecular complexity index is 984. The molecule has 0 aromatic heterocycles. The van der Waals surface area contributed by atoms with Crippen LogP contribution in [0, 0.1) is 13.8 Å². The van der Waals surface area contributed by atoms with E-state index in [0.717, 1.165) is 22.4 Å². The molecule has 0 unspecified atom stereocenters. The van der Waals surface area contributed by atoms with Gasteiger partial charge in [0.1, 0.15) is 0 Å².